The molecule has 0 atom stereocenters. The second-order valence-corrected chi connectivity index (χ2v) is 5.59. The maximum absolute atomic E-state index is 9.88. The van der Waals surface area contributed by atoms with Crippen LogP contribution in [0.5, 0.6) is 0 Å². The Morgan fingerprint density at radius 1 is 1.17 bits per heavy atom. The summed E-state index contributed by atoms with van der Waals surface area (Å²) in [6.07, 6.45) is 0.648. The molecule has 0 bridgehead atoms. The van der Waals surface area contributed by atoms with E-state index in [2.05, 4.69) is 13.8 Å². The molecule has 0 aliphatic carbocycles. The third-order valence-electron chi connectivity index (χ3n) is 1.41. The molecule has 0 radical (unpaired) electrons. The van der Waals surface area contributed by atoms with Gasteiger partial charge >= 0.3 is 74.9 Å². The van der Waals surface area contributed by atoms with Crippen molar-refractivity contribution in [1.29, 1.82) is 0 Å². The summed E-state index contributed by atoms with van der Waals surface area (Å²) in [7, 11) is -2.81. The first-order valence-electron chi connectivity index (χ1n) is 4.54. The Morgan fingerprint density at radius 2 is 1.58 bits per heavy atom. The second kappa shape index (κ2) is 5.87. The molecule has 0 unspecified atom stereocenters. The minimum atomic E-state index is -2.81. The van der Waals surface area contributed by atoms with E-state index in [4.69, 9.17) is 9.05 Å². The molecular formula is C8H21O3P. The molecule has 0 fully saturated rings. The van der Waals surface area contributed by atoms with E-state index in [0.29, 0.717) is 25.3 Å². The number of rotatable bonds is 6. The summed E-state index contributed by atoms with van der Waals surface area (Å²) >= 11 is 0. The monoisotopic (exact) mass is 196 g/mol. The van der Waals surface area contributed by atoms with E-state index in [-0.39, 0.29) is 0 Å². The molecule has 1 N–H and O–H groups in total. The van der Waals surface area contributed by atoms with Gasteiger partial charge < -0.3 is 0 Å². The van der Waals surface area contributed by atoms with Crippen LogP contribution >= 0.6 is 7.94 Å². The fourth-order valence-electron chi connectivity index (χ4n) is 1.13. The number of hydrogen-bond donors (Lipinski definition) is 1. The first-order chi connectivity index (χ1) is 5.54. The molecule has 0 aromatic heterocycles. The fourth-order valence-corrected chi connectivity index (χ4v) is 3.38. The van der Waals surface area contributed by atoms with Crippen molar-refractivity contribution in [3.63, 3.8) is 0 Å². The predicted octanol–water partition coefficient (Wildman–Crippen LogP) is 2.20. The standard InChI is InChI=1S/C8H21O3P/c1-5-10-12(9,11-6-2)7-8(3)4/h8-9,12H,5-7H2,1-4H3. The summed E-state index contributed by atoms with van der Waals surface area (Å²) in [5, 5.41) is 0. The van der Waals surface area contributed by atoms with Crippen LogP contribution in [0, 0.1) is 5.92 Å². The summed E-state index contributed by atoms with van der Waals surface area (Å²) in [4.78, 5) is 9.88. The van der Waals surface area contributed by atoms with E-state index in [1.54, 1.807) is 0 Å². The molecule has 0 spiro atoms. The molecule has 0 saturated carbocycles. The van der Waals surface area contributed by atoms with E-state index in [0.717, 1.165) is 0 Å². The van der Waals surface area contributed by atoms with Crippen molar-refractivity contribution in [3.05, 3.63) is 0 Å². The van der Waals surface area contributed by atoms with Gasteiger partial charge in [0.2, 0.25) is 0 Å². The van der Waals surface area contributed by atoms with Gasteiger partial charge in [-0.3, -0.25) is 0 Å². The van der Waals surface area contributed by atoms with Crippen LogP contribution in [0.3, 0.4) is 0 Å². The zero-order valence-corrected chi connectivity index (χ0v) is 9.46. The molecule has 0 aliphatic rings. The van der Waals surface area contributed by atoms with Crippen molar-refractivity contribution < 1.29 is 13.9 Å². The van der Waals surface area contributed by atoms with Crippen LogP contribution in [0.2, 0.25) is 0 Å². The third-order valence-corrected chi connectivity index (χ3v) is 4.22. The Bertz CT molecular complexity index is 111. The van der Waals surface area contributed by atoms with Crippen molar-refractivity contribution in [1.82, 2.24) is 0 Å². The van der Waals surface area contributed by atoms with E-state index in [9.17, 15) is 4.89 Å². The SMILES string of the molecule is CCO[PH](O)(CC(C)C)OCC. The van der Waals surface area contributed by atoms with Crippen molar-refractivity contribution in [2.45, 2.75) is 27.7 Å². The Labute approximate surface area is 75.7 Å². The average molecular weight is 196 g/mol. The quantitative estimate of drug-likeness (QED) is 0.662. The molecule has 0 aromatic carbocycles. The maximum atomic E-state index is 9.88. The molecule has 76 valence electrons. The van der Waals surface area contributed by atoms with Gasteiger partial charge in [-0.1, -0.05) is 0 Å². The Balaban J connectivity index is 3.98. The van der Waals surface area contributed by atoms with Gasteiger partial charge in [0.15, 0.2) is 0 Å². The summed E-state index contributed by atoms with van der Waals surface area (Å²) in [5.74, 6) is 0.416. The molecule has 4 heteroatoms. The van der Waals surface area contributed by atoms with Crippen LogP contribution in [0.25, 0.3) is 0 Å². The van der Waals surface area contributed by atoms with Crippen molar-refractivity contribution in [2.75, 3.05) is 19.4 Å². The molecule has 0 rings (SSSR count). The Kier molecular flexibility index (Phi) is 6.02. The van der Waals surface area contributed by atoms with Crippen molar-refractivity contribution in [3.8, 4) is 0 Å². The zero-order valence-electron chi connectivity index (χ0n) is 8.46. The first kappa shape index (κ1) is 12.3. The van der Waals surface area contributed by atoms with Gasteiger partial charge in [-0.2, -0.15) is 0 Å². The van der Waals surface area contributed by atoms with E-state index in [1.165, 1.54) is 0 Å². The minimum absolute atomic E-state index is 0.416. The Morgan fingerprint density at radius 3 is 1.83 bits per heavy atom. The fraction of sp³-hybridized carbons (Fsp3) is 1.00. The average Bonchev–Trinajstić information content (AvgIpc) is 1.85. The van der Waals surface area contributed by atoms with E-state index in [1.807, 2.05) is 13.8 Å². The first-order valence-corrected chi connectivity index (χ1v) is 6.51. The van der Waals surface area contributed by atoms with Crippen LogP contribution < -0.4 is 0 Å². The predicted molar refractivity (Wildman–Crippen MR) is 53.5 cm³/mol. The zero-order chi connectivity index (χ0) is 9.61. The van der Waals surface area contributed by atoms with Gasteiger partial charge in [-0.05, 0) is 0 Å². The van der Waals surface area contributed by atoms with Gasteiger partial charge in [0.1, 0.15) is 0 Å². The summed E-state index contributed by atoms with van der Waals surface area (Å²) in [6, 6.07) is 0. The summed E-state index contributed by atoms with van der Waals surface area (Å²) in [6.45, 7) is 8.89. The van der Waals surface area contributed by atoms with Gasteiger partial charge in [0.05, 0.1) is 0 Å². The Hall–Kier alpha value is 0.310. The summed E-state index contributed by atoms with van der Waals surface area (Å²) in [5.41, 5.74) is 0. The van der Waals surface area contributed by atoms with Crippen LogP contribution in [0.1, 0.15) is 27.7 Å². The number of hydrogen-bond acceptors (Lipinski definition) is 3. The second-order valence-electron chi connectivity index (χ2n) is 3.18. The van der Waals surface area contributed by atoms with Gasteiger partial charge in [-0.25, -0.2) is 0 Å². The van der Waals surface area contributed by atoms with Crippen molar-refractivity contribution >= 4 is 7.94 Å². The van der Waals surface area contributed by atoms with E-state index >= 15 is 0 Å². The molecule has 0 aliphatic heterocycles. The normalized spacial score (nSPS) is 13.8. The van der Waals surface area contributed by atoms with Gasteiger partial charge in [-0.15, -0.1) is 0 Å². The van der Waals surface area contributed by atoms with Gasteiger partial charge in [0, 0.05) is 0 Å². The van der Waals surface area contributed by atoms with Gasteiger partial charge in [0.25, 0.3) is 0 Å². The van der Waals surface area contributed by atoms with Crippen LogP contribution in [-0.2, 0) is 9.05 Å². The van der Waals surface area contributed by atoms with Crippen molar-refractivity contribution in [2.24, 2.45) is 5.92 Å². The molecule has 0 saturated heterocycles. The van der Waals surface area contributed by atoms with E-state index < -0.39 is 7.94 Å². The third kappa shape index (κ3) is 5.04. The van der Waals surface area contributed by atoms with Crippen LogP contribution in [-0.4, -0.2) is 24.3 Å². The van der Waals surface area contributed by atoms with Crippen LogP contribution in [0.4, 0.5) is 0 Å². The molecule has 0 amide bonds. The molecule has 3 nitrogen and oxygen atoms in total. The van der Waals surface area contributed by atoms with Crippen LogP contribution in [0.15, 0.2) is 0 Å². The molecule has 12 heavy (non-hydrogen) atoms. The molecule has 0 heterocycles. The molecule has 0 aromatic rings. The topological polar surface area (TPSA) is 38.7 Å². The molecular weight excluding hydrogens is 175 g/mol. The summed E-state index contributed by atoms with van der Waals surface area (Å²) < 4.78 is 10.5.